The Labute approximate surface area is 144 Å². The fourth-order valence-corrected chi connectivity index (χ4v) is 3.01. The van der Waals surface area contributed by atoms with Crippen LogP contribution in [0.4, 0.5) is 13.2 Å². The molecule has 0 spiro atoms. The molecule has 1 saturated heterocycles. The predicted molar refractivity (Wildman–Crippen MR) is 88.6 cm³/mol. The van der Waals surface area contributed by atoms with Crippen LogP contribution in [-0.2, 0) is 16.5 Å². The highest BCUT2D eigenvalue weighted by atomic mass is 32.1. The van der Waals surface area contributed by atoms with Crippen molar-refractivity contribution < 1.29 is 23.0 Å². The molecule has 1 aromatic carbocycles. The second-order valence-electron chi connectivity index (χ2n) is 5.82. The Hall–Kier alpha value is -1.38. The molecule has 0 radical (unpaired) electrons. The standard InChI is InChI=1S/C16H21F3N2O2S/c1-23-10-7-20-14(24)21-8-5-15(22,6-9-21)12-3-2-4-13(11-12)16(17,18)19/h2-4,11,22H,5-10H2,1H3,(H,20,24). The maximum Gasteiger partial charge on any atom is 0.416 e. The molecule has 0 amide bonds. The highest BCUT2D eigenvalue weighted by molar-refractivity contribution is 7.80. The van der Waals surface area contributed by atoms with E-state index in [1.165, 1.54) is 6.07 Å². The smallest absolute Gasteiger partial charge is 0.385 e. The van der Waals surface area contributed by atoms with Crippen molar-refractivity contribution in [2.45, 2.75) is 24.6 Å². The second-order valence-corrected chi connectivity index (χ2v) is 6.21. The van der Waals surface area contributed by atoms with Crippen LogP contribution in [0.1, 0.15) is 24.0 Å². The summed E-state index contributed by atoms with van der Waals surface area (Å²) in [6, 6.07) is 4.92. The number of alkyl halides is 3. The maximum absolute atomic E-state index is 12.8. The van der Waals surface area contributed by atoms with E-state index in [4.69, 9.17) is 17.0 Å². The molecule has 1 fully saturated rings. The van der Waals surface area contributed by atoms with Gasteiger partial charge in [0.1, 0.15) is 0 Å². The molecule has 24 heavy (non-hydrogen) atoms. The lowest BCUT2D eigenvalue weighted by Gasteiger charge is -2.39. The Kier molecular flexibility index (Phi) is 6.06. The zero-order valence-electron chi connectivity index (χ0n) is 13.4. The number of nitrogens with one attached hydrogen (secondary N) is 1. The van der Waals surface area contributed by atoms with E-state index in [1.807, 2.05) is 4.90 Å². The molecule has 0 atom stereocenters. The molecule has 0 aromatic heterocycles. The van der Waals surface area contributed by atoms with Crippen LogP contribution >= 0.6 is 12.2 Å². The number of nitrogens with zero attached hydrogens (tertiary/aromatic N) is 1. The van der Waals surface area contributed by atoms with Crippen molar-refractivity contribution in [3.8, 4) is 0 Å². The molecule has 0 aliphatic carbocycles. The average Bonchev–Trinajstić information content (AvgIpc) is 2.55. The first-order chi connectivity index (χ1) is 11.3. The van der Waals surface area contributed by atoms with Crippen LogP contribution in [0.15, 0.2) is 24.3 Å². The van der Waals surface area contributed by atoms with Gasteiger partial charge in [-0.2, -0.15) is 13.2 Å². The molecule has 1 heterocycles. The number of aliphatic hydroxyl groups is 1. The summed E-state index contributed by atoms with van der Waals surface area (Å²) in [5, 5.41) is 14.4. The van der Waals surface area contributed by atoms with Gasteiger partial charge in [-0.1, -0.05) is 12.1 Å². The molecule has 1 aromatic rings. The number of ether oxygens (including phenoxy) is 1. The molecule has 2 N–H and O–H groups in total. The van der Waals surface area contributed by atoms with Crippen molar-refractivity contribution in [3.05, 3.63) is 35.4 Å². The van der Waals surface area contributed by atoms with Crippen molar-refractivity contribution in [1.82, 2.24) is 10.2 Å². The van der Waals surface area contributed by atoms with E-state index in [0.717, 1.165) is 12.1 Å². The van der Waals surface area contributed by atoms with Gasteiger partial charge in [0.05, 0.1) is 17.8 Å². The third kappa shape index (κ3) is 4.58. The van der Waals surface area contributed by atoms with E-state index in [-0.39, 0.29) is 0 Å². The van der Waals surface area contributed by atoms with Crippen LogP contribution in [0, 0.1) is 0 Å². The van der Waals surface area contributed by atoms with Crippen molar-refractivity contribution in [3.63, 3.8) is 0 Å². The van der Waals surface area contributed by atoms with Gasteiger partial charge in [0.2, 0.25) is 0 Å². The summed E-state index contributed by atoms with van der Waals surface area (Å²) in [7, 11) is 1.60. The van der Waals surface area contributed by atoms with Crippen LogP contribution in [0.25, 0.3) is 0 Å². The van der Waals surface area contributed by atoms with Gasteiger partial charge in [-0.25, -0.2) is 0 Å². The first kappa shape index (κ1) is 19.0. The van der Waals surface area contributed by atoms with Gasteiger partial charge in [0.15, 0.2) is 5.11 Å². The zero-order chi connectivity index (χ0) is 17.8. The van der Waals surface area contributed by atoms with E-state index < -0.39 is 17.3 Å². The molecule has 2 rings (SSSR count). The van der Waals surface area contributed by atoms with Gasteiger partial charge in [0, 0.05) is 26.7 Å². The number of likely N-dealkylation sites (tertiary alicyclic amines) is 1. The second kappa shape index (κ2) is 7.67. The number of hydrogen-bond acceptors (Lipinski definition) is 3. The van der Waals surface area contributed by atoms with Crippen LogP contribution in [0.5, 0.6) is 0 Å². The van der Waals surface area contributed by atoms with Crippen LogP contribution in [0.2, 0.25) is 0 Å². The van der Waals surface area contributed by atoms with Crippen molar-refractivity contribution in [1.29, 1.82) is 0 Å². The van der Waals surface area contributed by atoms with Gasteiger partial charge in [-0.05, 0) is 42.8 Å². The third-order valence-corrected chi connectivity index (χ3v) is 4.59. The summed E-state index contributed by atoms with van der Waals surface area (Å²) in [4.78, 5) is 1.91. The first-order valence-corrected chi connectivity index (χ1v) is 8.09. The lowest BCUT2D eigenvalue weighted by atomic mass is 9.84. The molecule has 0 saturated carbocycles. The number of benzene rings is 1. The van der Waals surface area contributed by atoms with E-state index in [0.29, 0.717) is 49.8 Å². The maximum atomic E-state index is 12.8. The topological polar surface area (TPSA) is 44.7 Å². The van der Waals surface area contributed by atoms with Gasteiger partial charge >= 0.3 is 6.18 Å². The summed E-state index contributed by atoms with van der Waals surface area (Å²) in [5.74, 6) is 0. The van der Waals surface area contributed by atoms with E-state index in [2.05, 4.69) is 5.32 Å². The minimum atomic E-state index is -4.42. The highest BCUT2D eigenvalue weighted by Gasteiger charge is 2.37. The Morgan fingerprint density at radius 2 is 2.04 bits per heavy atom. The Morgan fingerprint density at radius 1 is 1.38 bits per heavy atom. The Morgan fingerprint density at radius 3 is 2.62 bits per heavy atom. The lowest BCUT2D eigenvalue weighted by molar-refractivity contribution is -0.137. The van der Waals surface area contributed by atoms with Gasteiger partial charge in [-0.15, -0.1) is 0 Å². The number of hydrogen-bond donors (Lipinski definition) is 2. The van der Waals surface area contributed by atoms with Gasteiger partial charge < -0.3 is 20.1 Å². The van der Waals surface area contributed by atoms with E-state index in [1.54, 1.807) is 13.2 Å². The van der Waals surface area contributed by atoms with Crippen LogP contribution in [-0.4, -0.2) is 48.5 Å². The van der Waals surface area contributed by atoms with Crippen molar-refractivity contribution in [2.75, 3.05) is 33.4 Å². The molecule has 1 aliphatic rings. The summed E-state index contributed by atoms with van der Waals surface area (Å²) in [6.07, 6.45) is -3.78. The van der Waals surface area contributed by atoms with Crippen molar-refractivity contribution >= 4 is 17.3 Å². The van der Waals surface area contributed by atoms with Gasteiger partial charge in [0.25, 0.3) is 0 Å². The summed E-state index contributed by atoms with van der Waals surface area (Å²) in [5.41, 5.74) is -1.71. The fourth-order valence-electron chi connectivity index (χ4n) is 2.73. The molecule has 134 valence electrons. The minimum Gasteiger partial charge on any atom is -0.385 e. The minimum absolute atomic E-state index is 0.301. The number of thiocarbonyl (C=S) groups is 1. The monoisotopic (exact) mass is 362 g/mol. The van der Waals surface area contributed by atoms with E-state index >= 15 is 0 Å². The molecule has 4 nitrogen and oxygen atoms in total. The normalized spacial score (nSPS) is 17.6. The predicted octanol–water partition coefficient (Wildman–Crippen LogP) is 2.51. The number of rotatable bonds is 4. The lowest BCUT2D eigenvalue weighted by Crippen LogP contribution is -2.49. The molecule has 1 aliphatic heterocycles. The van der Waals surface area contributed by atoms with Crippen molar-refractivity contribution in [2.24, 2.45) is 0 Å². The van der Waals surface area contributed by atoms with Crippen LogP contribution < -0.4 is 5.32 Å². The fraction of sp³-hybridized carbons (Fsp3) is 0.562. The zero-order valence-corrected chi connectivity index (χ0v) is 14.2. The molecular formula is C16H21F3N2O2S. The molecule has 8 heteroatoms. The molecular weight excluding hydrogens is 341 g/mol. The summed E-state index contributed by atoms with van der Waals surface area (Å²) < 4.78 is 43.5. The highest BCUT2D eigenvalue weighted by Crippen LogP contribution is 2.36. The number of piperidine rings is 1. The average molecular weight is 362 g/mol. The van der Waals surface area contributed by atoms with E-state index in [9.17, 15) is 18.3 Å². The van der Waals surface area contributed by atoms with Crippen LogP contribution in [0.3, 0.4) is 0 Å². The van der Waals surface area contributed by atoms with Gasteiger partial charge in [-0.3, -0.25) is 0 Å². The number of halogens is 3. The SMILES string of the molecule is COCCNC(=S)N1CCC(O)(c2cccc(C(F)(F)F)c2)CC1. The Bertz CT molecular complexity index is 573. The largest absolute Gasteiger partial charge is 0.416 e. The summed E-state index contributed by atoms with van der Waals surface area (Å²) in [6.45, 7) is 2.07. The first-order valence-electron chi connectivity index (χ1n) is 7.68. The quantitative estimate of drug-likeness (QED) is 0.637. The third-order valence-electron chi connectivity index (χ3n) is 4.19. The number of methoxy groups -OCH3 is 1. The summed E-state index contributed by atoms with van der Waals surface area (Å²) >= 11 is 5.28. The molecule has 0 bridgehead atoms. The molecule has 0 unspecified atom stereocenters. The Balaban J connectivity index is 2.01.